The zero-order valence-electron chi connectivity index (χ0n) is 30.2. The molecule has 0 aliphatic heterocycles. The second kappa shape index (κ2) is 33.9. The third-order valence-electron chi connectivity index (χ3n) is 7.92. The lowest BCUT2D eigenvalue weighted by atomic mass is 10.1. The highest BCUT2D eigenvalue weighted by atomic mass is 31.2. The molecule has 0 saturated carbocycles. The first kappa shape index (κ1) is 46.5. The van der Waals surface area contributed by atoms with Gasteiger partial charge in [-0.3, -0.25) is 18.6 Å². The number of aliphatic hydroxyl groups excluding tert-OH is 2. The largest absolute Gasteiger partial charge is 0.472 e. The van der Waals surface area contributed by atoms with Crippen molar-refractivity contribution in [1.82, 2.24) is 0 Å². The molecule has 0 amide bonds. The second-order valence-electron chi connectivity index (χ2n) is 12.6. The fourth-order valence-corrected chi connectivity index (χ4v) is 5.75. The van der Waals surface area contributed by atoms with Crippen LogP contribution in [-0.2, 0) is 32.7 Å². The minimum Gasteiger partial charge on any atom is -0.457 e. The first-order valence-electron chi connectivity index (χ1n) is 18.8. The SMILES string of the molecule is CCCCC/C=C\C/C=C\CCCCCCCC(=O)OC(CO)COP(=O)(O)OCC(CO)OC(=O)CCCCCCCCCCCC. The normalized spacial score (nSPS) is 14.4. The van der Waals surface area contributed by atoms with E-state index >= 15 is 0 Å². The van der Waals surface area contributed by atoms with Gasteiger partial charge in [-0.05, 0) is 44.9 Å². The number of aliphatic hydroxyl groups is 2. The Labute approximate surface area is 291 Å². The van der Waals surface area contributed by atoms with Crippen molar-refractivity contribution in [3.05, 3.63) is 24.3 Å². The molecule has 3 unspecified atom stereocenters. The molecule has 3 atom stereocenters. The number of phosphoric acid groups is 1. The van der Waals surface area contributed by atoms with Crippen LogP contribution in [0.1, 0.15) is 162 Å². The van der Waals surface area contributed by atoms with E-state index in [1.807, 2.05) is 0 Å². The molecule has 0 fully saturated rings. The lowest BCUT2D eigenvalue weighted by Crippen LogP contribution is -2.28. The summed E-state index contributed by atoms with van der Waals surface area (Å²) in [6, 6.07) is 0. The van der Waals surface area contributed by atoms with E-state index in [1.54, 1.807) is 0 Å². The molecule has 0 aliphatic rings. The fourth-order valence-electron chi connectivity index (χ4n) is 4.97. The summed E-state index contributed by atoms with van der Waals surface area (Å²) in [6.07, 6.45) is 30.1. The van der Waals surface area contributed by atoms with E-state index in [2.05, 4.69) is 38.2 Å². The van der Waals surface area contributed by atoms with Crippen molar-refractivity contribution in [3.8, 4) is 0 Å². The van der Waals surface area contributed by atoms with Crippen molar-refractivity contribution in [2.24, 2.45) is 0 Å². The molecule has 48 heavy (non-hydrogen) atoms. The number of carbonyl (C=O) groups is 2. The van der Waals surface area contributed by atoms with Gasteiger partial charge in [-0.2, -0.15) is 0 Å². The summed E-state index contributed by atoms with van der Waals surface area (Å²) in [6.45, 7) is 2.13. The smallest absolute Gasteiger partial charge is 0.457 e. The molecule has 0 aromatic heterocycles. The van der Waals surface area contributed by atoms with Crippen LogP contribution in [0.25, 0.3) is 0 Å². The van der Waals surface area contributed by atoms with Gasteiger partial charge in [-0.15, -0.1) is 0 Å². The van der Waals surface area contributed by atoms with Crippen LogP contribution >= 0.6 is 7.82 Å². The van der Waals surface area contributed by atoms with E-state index in [4.69, 9.17) is 18.5 Å². The molecule has 282 valence electrons. The number of hydrogen-bond acceptors (Lipinski definition) is 9. The number of allylic oxidation sites excluding steroid dienone is 4. The standard InChI is InChI=1S/C37H69O10P/c1-3-5-7-9-11-13-15-16-17-18-19-21-23-25-27-29-37(41)47-35(31-39)33-45-48(42,43)44-32-34(30-38)46-36(40)28-26-24-22-20-14-12-10-8-6-4-2/h11,13,16-17,34-35,38-39H,3-10,12,14-15,18-33H2,1-2H3,(H,42,43)/b13-11-,17-16-. The van der Waals surface area contributed by atoms with Gasteiger partial charge >= 0.3 is 19.8 Å². The van der Waals surface area contributed by atoms with Crippen molar-refractivity contribution in [2.75, 3.05) is 26.4 Å². The number of rotatable bonds is 35. The summed E-state index contributed by atoms with van der Waals surface area (Å²) in [5.74, 6) is -1.03. The van der Waals surface area contributed by atoms with Gasteiger partial charge in [0.25, 0.3) is 0 Å². The van der Waals surface area contributed by atoms with Crippen LogP contribution in [0.3, 0.4) is 0 Å². The molecule has 0 heterocycles. The lowest BCUT2D eigenvalue weighted by Gasteiger charge is -2.20. The summed E-state index contributed by atoms with van der Waals surface area (Å²) in [5, 5.41) is 19.0. The topological polar surface area (TPSA) is 149 Å². The molecule has 0 aliphatic carbocycles. The highest BCUT2D eigenvalue weighted by molar-refractivity contribution is 7.47. The molecule has 0 bridgehead atoms. The molecule has 0 aromatic rings. The minimum absolute atomic E-state index is 0.178. The van der Waals surface area contributed by atoms with Crippen molar-refractivity contribution < 1.29 is 47.8 Å². The number of esters is 2. The first-order valence-corrected chi connectivity index (χ1v) is 20.3. The number of carbonyl (C=O) groups excluding carboxylic acids is 2. The van der Waals surface area contributed by atoms with Crippen LogP contribution in [0, 0.1) is 0 Å². The van der Waals surface area contributed by atoms with Crippen LogP contribution in [0.4, 0.5) is 0 Å². The molecule has 0 aromatic carbocycles. The Morgan fingerprint density at radius 3 is 1.33 bits per heavy atom. The molecule has 0 saturated heterocycles. The first-order chi connectivity index (χ1) is 23.3. The Morgan fingerprint density at radius 1 is 0.562 bits per heavy atom. The van der Waals surface area contributed by atoms with Crippen LogP contribution in [0.2, 0.25) is 0 Å². The lowest BCUT2D eigenvalue weighted by molar-refractivity contribution is -0.153. The molecule has 3 N–H and O–H groups in total. The highest BCUT2D eigenvalue weighted by Gasteiger charge is 2.27. The summed E-state index contributed by atoms with van der Waals surface area (Å²) < 4.78 is 32.4. The summed E-state index contributed by atoms with van der Waals surface area (Å²) in [5.41, 5.74) is 0. The molecule has 11 heteroatoms. The summed E-state index contributed by atoms with van der Waals surface area (Å²) in [7, 11) is -4.63. The van der Waals surface area contributed by atoms with Gasteiger partial charge in [0.15, 0.2) is 0 Å². The van der Waals surface area contributed by atoms with E-state index in [0.29, 0.717) is 12.8 Å². The Morgan fingerprint density at radius 2 is 0.917 bits per heavy atom. The van der Waals surface area contributed by atoms with Crippen molar-refractivity contribution in [3.63, 3.8) is 0 Å². The summed E-state index contributed by atoms with van der Waals surface area (Å²) >= 11 is 0. The quantitative estimate of drug-likeness (QED) is 0.0252. The van der Waals surface area contributed by atoms with E-state index in [-0.39, 0.29) is 12.8 Å². The van der Waals surface area contributed by atoms with Gasteiger partial charge in [-0.25, -0.2) is 4.57 Å². The number of ether oxygens (including phenoxy) is 2. The van der Waals surface area contributed by atoms with Crippen LogP contribution in [0.15, 0.2) is 24.3 Å². The van der Waals surface area contributed by atoms with Gasteiger partial charge in [0, 0.05) is 12.8 Å². The predicted octanol–water partition coefficient (Wildman–Crippen LogP) is 9.05. The molecule has 0 radical (unpaired) electrons. The Balaban J connectivity index is 4.01. The van der Waals surface area contributed by atoms with E-state index in [0.717, 1.165) is 64.2 Å². The zero-order valence-corrected chi connectivity index (χ0v) is 31.1. The second-order valence-corrected chi connectivity index (χ2v) is 14.0. The molecule has 0 rings (SSSR count). The minimum atomic E-state index is -4.63. The summed E-state index contributed by atoms with van der Waals surface area (Å²) in [4.78, 5) is 34.3. The Bertz CT molecular complexity index is 863. The van der Waals surface area contributed by atoms with Gasteiger partial charge in [0.2, 0.25) is 0 Å². The number of hydrogen-bond donors (Lipinski definition) is 3. The van der Waals surface area contributed by atoms with Gasteiger partial charge < -0.3 is 24.6 Å². The van der Waals surface area contributed by atoms with Crippen LogP contribution < -0.4 is 0 Å². The van der Waals surface area contributed by atoms with Crippen LogP contribution in [-0.4, -0.2) is 65.7 Å². The Hall–Kier alpha value is -1.55. The van der Waals surface area contributed by atoms with E-state index < -0.39 is 58.4 Å². The number of phosphoric ester groups is 1. The van der Waals surface area contributed by atoms with Crippen molar-refractivity contribution in [1.29, 1.82) is 0 Å². The maximum atomic E-state index is 12.3. The Kier molecular flexibility index (Phi) is 32.8. The fraction of sp³-hybridized carbons (Fsp3) is 0.838. The molecular formula is C37H69O10P. The third-order valence-corrected chi connectivity index (χ3v) is 8.87. The number of unbranched alkanes of at least 4 members (excludes halogenated alkanes) is 17. The van der Waals surface area contributed by atoms with Crippen molar-refractivity contribution >= 4 is 19.8 Å². The van der Waals surface area contributed by atoms with E-state index in [1.165, 1.54) is 57.8 Å². The maximum Gasteiger partial charge on any atom is 0.472 e. The molecule has 0 spiro atoms. The highest BCUT2D eigenvalue weighted by Crippen LogP contribution is 2.43. The van der Waals surface area contributed by atoms with Gasteiger partial charge in [-0.1, -0.05) is 128 Å². The van der Waals surface area contributed by atoms with Crippen molar-refractivity contribution in [2.45, 2.75) is 174 Å². The van der Waals surface area contributed by atoms with Crippen LogP contribution in [0.5, 0.6) is 0 Å². The monoisotopic (exact) mass is 704 g/mol. The van der Waals surface area contributed by atoms with Gasteiger partial charge in [0.05, 0.1) is 26.4 Å². The maximum absolute atomic E-state index is 12.3. The average molecular weight is 705 g/mol. The predicted molar refractivity (Wildman–Crippen MR) is 191 cm³/mol. The molecular weight excluding hydrogens is 635 g/mol. The zero-order chi connectivity index (χ0) is 35.6. The average Bonchev–Trinajstić information content (AvgIpc) is 3.07. The van der Waals surface area contributed by atoms with Gasteiger partial charge in [0.1, 0.15) is 12.2 Å². The molecule has 10 nitrogen and oxygen atoms in total. The van der Waals surface area contributed by atoms with E-state index in [9.17, 15) is 29.3 Å². The third kappa shape index (κ3) is 31.7.